The van der Waals surface area contributed by atoms with E-state index in [0.717, 1.165) is 0 Å². The molecule has 0 bridgehead atoms. The summed E-state index contributed by atoms with van der Waals surface area (Å²) in [5.74, 6) is -1.58. The fraction of sp³-hybridized carbons (Fsp3) is 0.750. The first-order chi connectivity index (χ1) is 3.18. The summed E-state index contributed by atoms with van der Waals surface area (Å²) in [4.78, 5) is 9.77. The second kappa shape index (κ2) is 5.56. The molecule has 1 unspecified atom stereocenters. The number of hydrogen-bond donors (Lipinski definition) is 2. The fourth-order valence-electron chi connectivity index (χ4n) is 0.0781. The Morgan fingerprint density at radius 3 is 2.25 bits per heavy atom. The van der Waals surface area contributed by atoms with Crippen LogP contribution in [0, 0.1) is 5.92 Å². The Balaban J connectivity index is -0.000000180. The number of carboxylic acid groups (broad SMARTS) is 1. The Bertz CT molecular complexity index is 78.2. The fourth-order valence-corrected chi connectivity index (χ4v) is 0.0781. The van der Waals surface area contributed by atoms with Crippen molar-refractivity contribution < 1.29 is 46.0 Å². The molecule has 0 spiro atoms. The second-order valence-electron chi connectivity index (χ2n) is 1.42. The second-order valence-corrected chi connectivity index (χ2v) is 1.42. The molecule has 4 heteroatoms. The van der Waals surface area contributed by atoms with Gasteiger partial charge in [0.15, 0.2) is 0 Å². The average Bonchev–Trinajstić information content (AvgIpc) is 1.65. The summed E-state index contributed by atoms with van der Waals surface area (Å²) in [6, 6.07) is 0. The van der Waals surface area contributed by atoms with Crippen LogP contribution in [-0.4, -0.2) is 22.8 Å². The number of carbonyl (C=O) groups is 1. The molecule has 0 rings (SSSR count). The first-order valence-corrected chi connectivity index (χ1v) is 2.02. The summed E-state index contributed by atoms with van der Waals surface area (Å²) < 4.78 is 0. The van der Waals surface area contributed by atoms with Gasteiger partial charge in [-0.15, -0.1) is 0 Å². The largest absolute Gasteiger partial charge is 1.00 e. The van der Waals surface area contributed by atoms with E-state index in [-0.39, 0.29) is 37.6 Å². The molecule has 0 aliphatic heterocycles. The van der Waals surface area contributed by atoms with Crippen molar-refractivity contribution in [2.75, 3.05) is 6.61 Å². The minimum Gasteiger partial charge on any atom is -1.00 e. The van der Waals surface area contributed by atoms with Crippen LogP contribution in [0.15, 0.2) is 0 Å². The van der Waals surface area contributed by atoms with E-state index in [0.29, 0.717) is 0 Å². The van der Waals surface area contributed by atoms with E-state index < -0.39 is 11.9 Å². The van der Waals surface area contributed by atoms with Crippen LogP contribution in [0.4, 0.5) is 0 Å². The van der Waals surface area contributed by atoms with E-state index in [2.05, 4.69) is 0 Å². The number of aliphatic carboxylic acids is 1. The van der Waals surface area contributed by atoms with E-state index in [9.17, 15) is 4.79 Å². The maximum absolute atomic E-state index is 9.77. The van der Waals surface area contributed by atoms with Gasteiger partial charge in [-0.05, 0) is 6.92 Å². The van der Waals surface area contributed by atoms with Crippen LogP contribution >= 0.6 is 0 Å². The molecule has 0 saturated heterocycles. The van der Waals surface area contributed by atoms with Gasteiger partial charge < -0.3 is 11.6 Å². The SMILES string of the molecule is CC(CO)C(=O)O.[H-].[Na+]. The molecule has 1 atom stereocenters. The van der Waals surface area contributed by atoms with Gasteiger partial charge in [0.1, 0.15) is 0 Å². The van der Waals surface area contributed by atoms with Gasteiger partial charge in [0.25, 0.3) is 0 Å². The molecule has 0 aromatic heterocycles. The summed E-state index contributed by atoms with van der Waals surface area (Å²) in [6.07, 6.45) is 0. The molecule has 0 saturated carbocycles. The average molecular weight is 128 g/mol. The zero-order chi connectivity index (χ0) is 5.86. The summed E-state index contributed by atoms with van der Waals surface area (Å²) >= 11 is 0. The summed E-state index contributed by atoms with van der Waals surface area (Å²) in [5.41, 5.74) is 0. The molecule has 0 heterocycles. The Hall–Kier alpha value is 0.430. The van der Waals surface area contributed by atoms with E-state index in [1.54, 1.807) is 0 Å². The van der Waals surface area contributed by atoms with Crippen molar-refractivity contribution in [3.8, 4) is 0 Å². The van der Waals surface area contributed by atoms with Crippen molar-refractivity contribution >= 4 is 5.97 Å². The van der Waals surface area contributed by atoms with Crippen LogP contribution in [0.25, 0.3) is 0 Å². The molecule has 0 radical (unpaired) electrons. The Kier molecular flexibility index (Phi) is 7.83. The monoisotopic (exact) mass is 128 g/mol. The summed E-state index contributed by atoms with van der Waals surface area (Å²) in [6.45, 7) is 1.16. The first kappa shape index (κ1) is 11.3. The third kappa shape index (κ3) is 4.59. The van der Waals surface area contributed by atoms with Gasteiger partial charge in [0.2, 0.25) is 0 Å². The smallest absolute Gasteiger partial charge is 1.00 e. The van der Waals surface area contributed by atoms with Crippen LogP contribution in [0.1, 0.15) is 8.35 Å². The first-order valence-electron chi connectivity index (χ1n) is 2.02. The molecule has 0 aliphatic carbocycles. The van der Waals surface area contributed by atoms with Crippen molar-refractivity contribution in [2.45, 2.75) is 6.92 Å². The number of carboxylic acids is 1. The van der Waals surface area contributed by atoms with Crippen LogP contribution in [-0.2, 0) is 4.79 Å². The third-order valence-electron chi connectivity index (χ3n) is 0.695. The minimum absolute atomic E-state index is 0. The zero-order valence-corrected chi connectivity index (χ0v) is 7.09. The maximum Gasteiger partial charge on any atom is 1.00 e. The molecule has 3 nitrogen and oxygen atoms in total. The van der Waals surface area contributed by atoms with Crippen LogP contribution in [0.5, 0.6) is 0 Å². The van der Waals surface area contributed by atoms with Gasteiger partial charge in [0.05, 0.1) is 12.5 Å². The van der Waals surface area contributed by atoms with Crippen LogP contribution < -0.4 is 29.6 Å². The number of rotatable bonds is 2. The number of aliphatic hydroxyl groups is 1. The van der Waals surface area contributed by atoms with Crippen molar-refractivity contribution in [3.05, 3.63) is 0 Å². The molecule has 0 aromatic carbocycles. The number of aliphatic hydroxyl groups excluding tert-OH is 1. The molecular weight excluding hydrogens is 119 g/mol. The Morgan fingerprint density at radius 1 is 1.88 bits per heavy atom. The topological polar surface area (TPSA) is 57.5 Å². The van der Waals surface area contributed by atoms with Crippen LogP contribution in [0.2, 0.25) is 0 Å². The van der Waals surface area contributed by atoms with Gasteiger partial charge in [-0.3, -0.25) is 4.79 Å². The minimum atomic E-state index is -0.956. The molecule has 44 valence electrons. The van der Waals surface area contributed by atoms with Gasteiger partial charge in [-0.2, -0.15) is 0 Å². The summed E-state index contributed by atoms with van der Waals surface area (Å²) in [5, 5.41) is 16.1. The maximum atomic E-state index is 9.77. The van der Waals surface area contributed by atoms with E-state index >= 15 is 0 Å². The summed E-state index contributed by atoms with van der Waals surface area (Å²) in [7, 11) is 0. The van der Waals surface area contributed by atoms with Gasteiger partial charge in [-0.25, -0.2) is 0 Å². The van der Waals surface area contributed by atoms with E-state index in [1.165, 1.54) is 6.92 Å². The van der Waals surface area contributed by atoms with Crippen molar-refractivity contribution in [1.82, 2.24) is 0 Å². The Morgan fingerprint density at radius 2 is 2.25 bits per heavy atom. The normalized spacial score (nSPS) is 11.8. The van der Waals surface area contributed by atoms with E-state index in [1.807, 2.05) is 0 Å². The van der Waals surface area contributed by atoms with E-state index in [4.69, 9.17) is 10.2 Å². The predicted molar refractivity (Wildman–Crippen MR) is 25.0 cm³/mol. The predicted octanol–water partition coefficient (Wildman–Crippen LogP) is -3.18. The van der Waals surface area contributed by atoms with Crippen molar-refractivity contribution in [3.63, 3.8) is 0 Å². The zero-order valence-electron chi connectivity index (χ0n) is 6.09. The molecule has 0 aliphatic rings. The molecule has 0 amide bonds. The third-order valence-corrected chi connectivity index (χ3v) is 0.695. The van der Waals surface area contributed by atoms with Crippen molar-refractivity contribution in [2.24, 2.45) is 5.92 Å². The molecule has 2 N–H and O–H groups in total. The molecule has 8 heavy (non-hydrogen) atoms. The van der Waals surface area contributed by atoms with Crippen molar-refractivity contribution in [1.29, 1.82) is 0 Å². The van der Waals surface area contributed by atoms with Gasteiger partial charge in [0, 0.05) is 0 Å². The van der Waals surface area contributed by atoms with Crippen LogP contribution in [0.3, 0.4) is 0 Å². The standard InChI is InChI=1S/C4H8O3.Na.H/c1-3(2-5)4(6)7;;/h3,5H,2H2,1H3,(H,6,7);;/q;+1;-1. The Labute approximate surface area is 71.5 Å². The van der Waals surface area contributed by atoms with Gasteiger partial charge >= 0.3 is 35.5 Å². The van der Waals surface area contributed by atoms with Gasteiger partial charge in [-0.1, -0.05) is 0 Å². The molecule has 0 aromatic rings. The quantitative estimate of drug-likeness (QED) is 0.385. The molecule has 0 fully saturated rings. The number of hydrogen-bond acceptors (Lipinski definition) is 2. The molecular formula is C4H9NaO3.